The number of amides is 1. The molecule has 2 aromatic rings. The molecule has 5 nitrogen and oxygen atoms in total. The molecular formula is C17H14ClF3N2O3S. The van der Waals surface area contributed by atoms with E-state index in [0.717, 1.165) is 18.2 Å². The van der Waals surface area contributed by atoms with Gasteiger partial charge in [0.2, 0.25) is 0 Å². The van der Waals surface area contributed by atoms with Gasteiger partial charge in [0.25, 0.3) is 5.91 Å². The minimum Gasteiger partial charge on any atom is -0.496 e. The zero-order chi connectivity index (χ0) is 20.2. The van der Waals surface area contributed by atoms with Crippen molar-refractivity contribution in [1.29, 1.82) is 0 Å². The van der Waals surface area contributed by atoms with Crippen molar-refractivity contribution in [3.05, 3.63) is 52.5 Å². The molecule has 27 heavy (non-hydrogen) atoms. The summed E-state index contributed by atoms with van der Waals surface area (Å²) < 4.78 is 48.3. The Bertz CT molecular complexity index is 853. The van der Waals surface area contributed by atoms with Gasteiger partial charge in [-0.3, -0.25) is 10.1 Å². The topological polar surface area (TPSA) is 59.6 Å². The lowest BCUT2D eigenvalue weighted by molar-refractivity contribution is -0.137. The van der Waals surface area contributed by atoms with Crippen molar-refractivity contribution < 1.29 is 27.4 Å². The second kappa shape index (κ2) is 8.45. The van der Waals surface area contributed by atoms with E-state index in [2.05, 4.69) is 10.6 Å². The van der Waals surface area contributed by atoms with E-state index in [-0.39, 0.29) is 32.9 Å². The van der Waals surface area contributed by atoms with Crippen LogP contribution >= 0.6 is 23.8 Å². The summed E-state index contributed by atoms with van der Waals surface area (Å²) in [5.41, 5.74) is -0.668. The Labute approximate surface area is 163 Å². The number of benzene rings is 2. The summed E-state index contributed by atoms with van der Waals surface area (Å²) in [5.74, 6) is -0.0886. The van der Waals surface area contributed by atoms with E-state index < -0.39 is 17.6 Å². The SMILES string of the molecule is COc1cccc(OC)c1C(=O)NC(=S)Nc1ccc(C(F)(F)F)cc1Cl. The number of ether oxygens (including phenoxy) is 2. The Morgan fingerprint density at radius 3 is 2.19 bits per heavy atom. The minimum atomic E-state index is -4.52. The molecule has 0 bridgehead atoms. The number of alkyl halides is 3. The highest BCUT2D eigenvalue weighted by atomic mass is 35.5. The average Bonchev–Trinajstić information content (AvgIpc) is 2.61. The molecule has 2 aromatic carbocycles. The van der Waals surface area contributed by atoms with Crippen molar-refractivity contribution in [3.8, 4) is 11.5 Å². The number of methoxy groups -OCH3 is 2. The van der Waals surface area contributed by atoms with Gasteiger partial charge >= 0.3 is 6.18 Å². The van der Waals surface area contributed by atoms with Crippen molar-refractivity contribution in [1.82, 2.24) is 5.32 Å². The quantitative estimate of drug-likeness (QED) is 0.716. The van der Waals surface area contributed by atoms with Crippen LogP contribution < -0.4 is 20.1 Å². The van der Waals surface area contributed by atoms with Crippen molar-refractivity contribution in [2.45, 2.75) is 6.18 Å². The van der Waals surface area contributed by atoms with Crippen LogP contribution in [0.15, 0.2) is 36.4 Å². The molecule has 0 aliphatic heterocycles. The number of hydrogen-bond donors (Lipinski definition) is 2. The van der Waals surface area contributed by atoms with Gasteiger partial charge in [0.05, 0.1) is 30.5 Å². The van der Waals surface area contributed by atoms with Gasteiger partial charge in [-0.25, -0.2) is 0 Å². The Hall–Kier alpha value is -2.52. The molecule has 0 saturated heterocycles. The van der Waals surface area contributed by atoms with Crippen LogP contribution in [0.25, 0.3) is 0 Å². The molecule has 0 fully saturated rings. The first-order valence-electron chi connectivity index (χ1n) is 7.37. The van der Waals surface area contributed by atoms with Crippen molar-refractivity contribution in [2.24, 2.45) is 0 Å². The fourth-order valence-corrected chi connectivity index (χ4v) is 2.62. The van der Waals surface area contributed by atoms with Crippen LogP contribution in [0.2, 0.25) is 5.02 Å². The van der Waals surface area contributed by atoms with E-state index in [1.54, 1.807) is 18.2 Å². The van der Waals surface area contributed by atoms with Crippen molar-refractivity contribution in [3.63, 3.8) is 0 Å². The van der Waals surface area contributed by atoms with Gasteiger partial charge in [0, 0.05) is 0 Å². The van der Waals surface area contributed by atoms with Crippen LogP contribution in [0.5, 0.6) is 11.5 Å². The highest BCUT2D eigenvalue weighted by molar-refractivity contribution is 7.80. The first-order valence-corrected chi connectivity index (χ1v) is 8.16. The lowest BCUT2D eigenvalue weighted by Crippen LogP contribution is -2.34. The summed E-state index contributed by atoms with van der Waals surface area (Å²) >= 11 is 10.9. The van der Waals surface area contributed by atoms with Gasteiger partial charge in [0.1, 0.15) is 17.1 Å². The van der Waals surface area contributed by atoms with Gasteiger partial charge in [-0.15, -0.1) is 0 Å². The molecule has 0 aromatic heterocycles. The standard InChI is InChI=1S/C17H14ClF3N2O3S/c1-25-12-4-3-5-13(26-2)14(12)15(24)23-16(27)22-11-7-6-9(8-10(11)18)17(19,20)21/h3-8H,1-2H3,(H2,22,23,24,27). The van der Waals surface area contributed by atoms with E-state index in [1.165, 1.54) is 14.2 Å². The average molecular weight is 419 g/mol. The number of carbonyl (C=O) groups excluding carboxylic acids is 1. The van der Waals surface area contributed by atoms with Gasteiger partial charge in [0.15, 0.2) is 5.11 Å². The Morgan fingerprint density at radius 1 is 1.11 bits per heavy atom. The monoisotopic (exact) mass is 418 g/mol. The third-order valence-electron chi connectivity index (χ3n) is 3.43. The van der Waals surface area contributed by atoms with Crippen LogP contribution in [0.1, 0.15) is 15.9 Å². The van der Waals surface area contributed by atoms with Crippen molar-refractivity contribution >= 4 is 40.5 Å². The van der Waals surface area contributed by atoms with Crippen LogP contribution in [0, 0.1) is 0 Å². The maximum absolute atomic E-state index is 12.7. The number of halogens is 4. The first-order chi connectivity index (χ1) is 12.7. The van der Waals surface area contributed by atoms with E-state index in [4.69, 9.17) is 33.3 Å². The molecule has 0 radical (unpaired) electrons. The predicted octanol–water partition coefficient (Wildman–Crippen LogP) is 4.50. The summed E-state index contributed by atoms with van der Waals surface area (Å²) in [4.78, 5) is 12.5. The third-order valence-corrected chi connectivity index (χ3v) is 3.94. The molecule has 0 saturated carbocycles. The number of rotatable bonds is 4. The summed E-state index contributed by atoms with van der Waals surface area (Å²) in [6.45, 7) is 0. The number of carbonyl (C=O) groups is 1. The van der Waals surface area contributed by atoms with E-state index in [1.807, 2.05) is 0 Å². The molecule has 0 unspecified atom stereocenters. The van der Waals surface area contributed by atoms with Gasteiger partial charge < -0.3 is 14.8 Å². The van der Waals surface area contributed by atoms with Gasteiger partial charge in [-0.2, -0.15) is 13.2 Å². The molecule has 0 atom stereocenters. The predicted molar refractivity (Wildman–Crippen MR) is 99.7 cm³/mol. The summed E-state index contributed by atoms with van der Waals surface area (Å²) in [6.07, 6.45) is -4.52. The molecule has 2 N–H and O–H groups in total. The summed E-state index contributed by atoms with van der Waals surface area (Å²) in [7, 11) is 2.79. The lowest BCUT2D eigenvalue weighted by atomic mass is 10.1. The second-order valence-electron chi connectivity index (χ2n) is 5.14. The highest BCUT2D eigenvalue weighted by Crippen LogP contribution is 2.34. The number of hydrogen-bond acceptors (Lipinski definition) is 4. The molecular weight excluding hydrogens is 405 g/mol. The van der Waals surface area contributed by atoms with Gasteiger partial charge in [-0.1, -0.05) is 17.7 Å². The maximum atomic E-state index is 12.7. The fourth-order valence-electron chi connectivity index (χ4n) is 2.19. The summed E-state index contributed by atoms with van der Waals surface area (Å²) in [5, 5.41) is 4.63. The minimum absolute atomic E-state index is 0.113. The Kier molecular flexibility index (Phi) is 6.50. The van der Waals surface area contributed by atoms with Crippen LogP contribution in [-0.4, -0.2) is 25.2 Å². The van der Waals surface area contributed by atoms with Gasteiger partial charge in [-0.05, 0) is 42.5 Å². The van der Waals surface area contributed by atoms with E-state index in [9.17, 15) is 18.0 Å². The molecule has 0 aliphatic rings. The van der Waals surface area contributed by atoms with Crippen LogP contribution in [0.4, 0.5) is 18.9 Å². The number of thiocarbonyl (C=S) groups is 1. The normalized spacial score (nSPS) is 10.9. The zero-order valence-corrected chi connectivity index (χ0v) is 15.7. The molecule has 0 spiro atoms. The smallest absolute Gasteiger partial charge is 0.416 e. The highest BCUT2D eigenvalue weighted by Gasteiger charge is 2.31. The number of nitrogens with one attached hydrogen (secondary N) is 2. The largest absolute Gasteiger partial charge is 0.496 e. The molecule has 10 heteroatoms. The van der Waals surface area contributed by atoms with Crippen LogP contribution in [0.3, 0.4) is 0 Å². The van der Waals surface area contributed by atoms with E-state index in [0.29, 0.717) is 0 Å². The zero-order valence-electron chi connectivity index (χ0n) is 14.1. The third kappa shape index (κ3) is 5.01. The lowest BCUT2D eigenvalue weighted by Gasteiger charge is -2.15. The molecule has 2 rings (SSSR count). The number of anilines is 1. The molecule has 1 amide bonds. The van der Waals surface area contributed by atoms with Crippen LogP contribution in [-0.2, 0) is 6.18 Å². The summed E-state index contributed by atoms with van der Waals surface area (Å²) in [6, 6.07) is 7.51. The fraction of sp³-hybridized carbons (Fsp3) is 0.176. The maximum Gasteiger partial charge on any atom is 0.416 e. The molecule has 0 aliphatic carbocycles. The van der Waals surface area contributed by atoms with E-state index >= 15 is 0 Å². The van der Waals surface area contributed by atoms with Crippen molar-refractivity contribution in [2.75, 3.05) is 19.5 Å². The molecule has 144 valence electrons. The first kappa shape index (κ1) is 20.8. The second-order valence-corrected chi connectivity index (χ2v) is 5.95. The Morgan fingerprint density at radius 2 is 1.70 bits per heavy atom. The molecule has 0 heterocycles. The Balaban J connectivity index is 2.16.